The molecular weight excluding hydrogens is 198 g/mol. The zero-order chi connectivity index (χ0) is 10.8. The fraction of sp³-hybridized carbons (Fsp3) is 0.200. The van der Waals surface area contributed by atoms with Crippen LogP contribution in [0.5, 0.6) is 0 Å². The van der Waals surface area contributed by atoms with Crippen molar-refractivity contribution >= 4 is 17.1 Å². The van der Waals surface area contributed by atoms with Gasteiger partial charge in [0, 0.05) is 6.42 Å². The summed E-state index contributed by atoms with van der Waals surface area (Å²) in [6.45, 7) is 0. The van der Waals surface area contributed by atoms with Gasteiger partial charge in [0.15, 0.2) is 5.58 Å². The summed E-state index contributed by atoms with van der Waals surface area (Å²) in [5.41, 5.74) is 1.83. The molecule has 5 heteroatoms. The first-order valence-corrected chi connectivity index (χ1v) is 4.49. The number of hydrogen-bond donors (Lipinski definition) is 2. The van der Waals surface area contributed by atoms with Crippen LogP contribution in [-0.2, 0) is 11.2 Å². The van der Waals surface area contributed by atoms with E-state index in [1.54, 1.807) is 18.2 Å². The highest BCUT2D eigenvalue weighted by atomic mass is 16.4. The van der Waals surface area contributed by atoms with E-state index >= 15 is 0 Å². The second-order valence-electron chi connectivity index (χ2n) is 3.20. The van der Waals surface area contributed by atoms with E-state index in [9.17, 15) is 9.59 Å². The second-order valence-corrected chi connectivity index (χ2v) is 3.20. The third kappa shape index (κ3) is 1.90. The van der Waals surface area contributed by atoms with Gasteiger partial charge < -0.3 is 9.52 Å². The Morgan fingerprint density at radius 3 is 3.00 bits per heavy atom. The Kier molecular flexibility index (Phi) is 2.29. The van der Waals surface area contributed by atoms with E-state index in [0.717, 1.165) is 5.56 Å². The second kappa shape index (κ2) is 3.61. The molecule has 0 amide bonds. The quantitative estimate of drug-likeness (QED) is 0.790. The maximum Gasteiger partial charge on any atom is 0.417 e. The number of carboxylic acid groups (broad SMARTS) is 1. The third-order valence-electron chi connectivity index (χ3n) is 2.15. The number of aromatic amines is 1. The lowest BCUT2D eigenvalue weighted by Gasteiger charge is -1.98. The molecule has 15 heavy (non-hydrogen) atoms. The molecule has 0 unspecified atom stereocenters. The minimum Gasteiger partial charge on any atom is -0.481 e. The molecule has 78 valence electrons. The zero-order valence-electron chi connectivity index (χ0n) is 7.82. The van der Waals surface area contributed by atoms with E-state index in [2.05, 4.69) is 4.98 Å². The number of rotatable bonds is 3. The van der Waals surface area contributed by atoms with Crippen LogP contribution >= 0.6 is 0 Å². The summed E-state index contributed by atoms with van der Waals surface area (Å²) >= 11 is 0. The van der Waals surface area contributed by atoms with Crippen molar-refractivity contribution < 1.29 is 14.3 Å². The van der Waals surface area contributed by atoms with Gasteiger partial charge in [-0.2, -0.15) is 0 Å². The van der Waals surface area contributed by atoms with Crippen LogP contribution in [0.15, 0.2) is 27.4 Å². The molecule has 0 atom stereocenters. The number of para-hydroxylation sites is 1. The summed E-state index contributed by atoms with van der Waals surface area (Å²) in [6, 6.07) is 5.17. The van der Waals surface area contributed by atoms with Gasteiger partial charge in [-0.15, -0.1) is 0 Å². The van der Waals surface area contributed by atoms with E-state index in [1.165, 1.54) is 0 Å². The van der Waals surface area contributed by atoms with Crippen molar-refractivity contribution in [3.05, 3.63) is 34.3 Å². The molecular formula is C10H9NO4. The van der Waals surface area contributed by atoms with Gasteiger partial charge in [-0.3, -0.25) is 9.78 Å². The molecule has 2 aromatic rings. The number of benzene rings is 1. The number of H-pyrrole nitrogens is 1. The fourth-order valence-electron chi connectivity index (χ4n) is 1.48. The van der Waals surface area contributed by atoms with E-state index in [-0.39, 0.29) is 6.42 Å². The molecule has 0 saturated carbocycles. The summed E-state index contributed by atoms with van der Waals surface area (Å²) in [7, 11) is 0. The number of fused-ring (bicyclic) bond motifs is 1. The standard InChI is InChI=1S/C10H9NO4/c12-8(13)5-4-6-2-1-3-7-9(6)11-10(14)15-7/h1-3H,4-5H2,(H,11,14)(H,12,13). The van der Waals surface area contributed by atoms with Gasteiger partial charge in [0.1, 0.15) is 0 Å². The van der Waals surface area contributed by atoms with Gasteiger partial charge in [0.05, 0.1) is 5.52 Å². The minimum absolute atomic E-state index is 0.0341. The molecule has 0 aliphatic carbocycles. The fourth-order valence-corrected chi connectivity index (χ4v) is 1.48. The van der Waals surface area contributed by atoms with E-state index in [0.29, 0.717) is 17.5 Å². The Hall–Kier alpha value is -2.04. The number of aliphatic carboxylic acids is 1. The molecule has 2 N–H and O–H groups in total. The van der Waals surface area contributed by atoms with Gasteiger partial charge in [-0.1, -0.05) is 12.1 Å². The van der Waals surface area contributed by atoms with Crippen LogP contribution < -0.4 is 5.76 Å². The van der Waals surface area contributed by atoms with Crippen molar-refractivity contribution in [2.45, 2.75) is 12.8 Å². The summed E-state index contributed by atoms with van der Waals surface area (Å²) in [5, 5.41) is 8.56. The van der Waals surface area contributed by atoms with Gasteiger partial charge >= 0.3 is 11.7 Å². The van der Waals surface area contributed by atoms with Crippen molar-refractivity contribution in [3.63, 3.8) is 0 Å². The van der Waals surface area contributed by atoms with Crippen LogP contribution in [0.4, 0.5) is 0 Å². The molecule has 0 bridgehead atoms. The number of aryl methyl sites for hydroxylation is 1. The smallest absolute Gasteiger partial charge is 0.417 e. The zero-order valence-corrected chi connectivity index (χ0v) is 7.82. The van der Waals surface area contributed by atoms with Crippen LogP contribution in [0.2, 0.25) is 0 Å². The molecule has 0 radical (unpaired) electrons. The number of nitrogens with one attached hydrogen (secondary N) is 1. The van der Waals surface area contributed by atoms with E-state index < -0.39 is 11.7 Å². The molecule has 0 saturated heterocycles. The lowest BCUT2D eigenvalue weighted by atomic mass is 10.1. The monoisotopic (exact) mass is 207 g/mol. The Labute approximate surface area is 84.3 Å². The highest BCUT2D eigenvalue weighted by molar-refractivity contribution is 5.77. The lowest BCUT2D eigenvalue weighted by molar-refractivity contribution is -0.136. The number of hydrogen-bond acceptors (Lipinski definition) is 3. The molecule has 1 aromatic carbocycles. The number of carbonyl (C=O) groups is 1. The van der Waals surface area contributed by atoms with Crippen molar-refractivity contribution in [2.24, 2.45) is 0 Å². The van der Waals surface area contributed by atoms with Gasteiger partial charge in [0.2, 0.25) is 0 Å². The van der Waals surface area contributed by atoms with Gasteiger partial charge in [-0.25, -0.2) is 4.79 Å². The Morgan fingerprint density at radius 2 is 2.27 bits per heavy atom. The highest BCUT2D eigenvalue weighted by Gasteiger charge is 2.07. The van der Waals surface area contributed by atoms with Gasteiger partial charge in [-0.05, 0) is 18.1 Å². The lowest BCUT2D eigenvalue weighted by Crippen LogP contribution is -1.99. The summed E-state index contributed by atoms with van der Waals surface area (Å²) in [6.07, 6.45) is 0.411. The third-order valence-corrected chi connectivity index (χ3v) is 2.15. The Bertz CT molecular complexity index is 552. The predicted molar refractivity (Wildman–Crippen MR) is 52.8 cm³/mol. The minimum atomic E-state index is -0.863. The number of oxazole rings is 1. The van der Waals surface area contributed by atoms with Gasteiger partial charge in [0.25, 0.3) is 0 Å². The average molecular weight is 207 g/mol. The summed E-state index contributed by atoms with van der Waals surface area (Å²) < 4.78 is 4.86. The Morgan fingerprint density at radius 1 is 1.47 bits per heavy atom. The molecule has 2 rings (SSSR count). The van der Waals surface area contributed by atoms with E-state index in [1.807, 2.05) is 0 Å². The van der Waals surface area contributed by atoms with Crippen LogP contribution in [0.25, 0.3) is 11.1 Å². The van der Waals surface area contributed by atoms with Crippen molar-refractivity contribution in [3.8, 4) is 0 Å². The first kappa shape index (κ1) is 9.51. The number of carboxylic acids is 1. The van der Waals surface area contributed by atoms with Crippen LogP contribution in [0.1, 0.15) is 12.0 Å². The van der Waals surface area contributed by atoms with Crippen LogP contribution in [-0.4, -0.2) is 16.1 Å². The highest BCUT2D eigenvalue weighted by Crippen LogP contribution is 2.16. The normalized spacial score (nSPS) is 10.7. The molecule has 1 aromatic heterocycles. The first-order chi connectivity index (χ1) is 7.16. The molecule has 0 aliphatic heterocycles. The molecule has 5 nitrogen and oxygen atoms in total. The van der Waals surface area contributed by atoms with E-state index in [4.69, 9.17) is 9.52 Å². The van der Waals surface area contributed by atoms with Crippen molar-refractivity contribution in [1.82, 2.24) is 4.98 Å². The Balaban J connectivity index is 2.41. The molecule has 0 fully saturated rings. The predicted octanol–water partition coefficient (Wildman–Crippen LogP) is 1.14. The molecule has 1 heterocycles. The average Bonchev–Trinajstić information content (AvgIpc) is 2.55. The molecule has 0 aliphatic rings. The van der Waals surface area contributed by atoms with Crippen molar-refractivity contribution in [1.29, 1.82) is 0 Å². The first-order valence-electron chi connectivity index (χ1n) is 4.49. The topological polar surface area (TPSA) is 83.3 Å². The maximum atomic E-state index is 10.9. The van der Waals surface area contributed by atoms with Crippen LogP contribution in [0, 0.1) is 0 Å². The summed E-state index contributed by atoms with van der Waals surface area (Å²) in [4.78, 5) is 23.9. The number of aromatic nitrogens is 1. The summed E-state index contributed by atoms with van der Waals surface area (Å²) in [5.74, 6) is -1.38. The van der Waals surface area contributed by atoms with Crippen LogP contribution in [0.3, 0.4) is 0 Å². The SMILES string of the molecule is O=C(O)CCc1cccc2oc(=O)[nH]c12. The van der Waals surface area contributed by atoms with Crippen molar-refractivity contribution in [2.75, 3.05) is 0 Å². The largest absolute Gasteiger partial charge is 0.481 e. The molecule has 0 spiro atoms. The maximum absolute atomic E-state index is 10.9.